The Kier molecular flexibility index (Phi) is 7.00. The first-order chi connectivity index (χ1) is 19.3. The van der Waals surface area contributed by atoms with Crippen LogP contribution in [-0.4, -0.2) is 31.0 Å². The lowest BCUT2D eigenvalue weighted by molar-refractivity contribution is 0.480. The molecule has 5 N–H and O–H groups in total. The second-order valence-corrected chi connectivity index (χ2v) is 11.9. The lowest BCUT2D eigenvalue weighted by Crippen LogP contribution is -2.03. The van der Waals surface area contributed by atoms with Crippen LogP contribution >= 0.6 is 0 Å². The van der Waals surface area contributed by atoms with E-state index in [4.69, 9.17) is 5.73 Å². The predicted molar refractivity (Wildman–Crippen MR) is 153 cm³/mol. The summed E-state index contributed by atoms with van der Waals surface area (Å²) in [6.07, 6.45) is 0. The zero-order valence-electron chi connectivity index (χ0n) is 21.2. The van der Waals surface area contributed by atoms with Crippen molar-refractivity contribution in [3.8, 4) is 5.75 Å². The van der Waals surface area contributed by atoms with Crippen LogP contribution in [0.25, 0.3) is 21.5 Å². The summed E-state index contributed by atoms with van der Waals surface area (Å²) in [6, 6.07) is 19.6. The Bertz CT molecular complexity index is 2130. The first-order valence-corrected chi connectivity index (χ1v) is 14.7. The van der Waals surface area contributed by atoms with Gasteiger partial charge in [0.1, 0.15) is 10.6 Å². The van der Waals surface area contributed by atoms with E-state index < -0.39 is 25.1 Å². The normalized spacial score (nSPS) is 12.7. The molecule has 0 aliphatic rings. The first kappa shape index (κ1) is 27.8. The molecule has 0 saturated carbocycles. The molecule has 0 bridgehead atoms. The summed E-state index contributed by atoms with van der Waals surface area (Å²) in [7, 11) is -9.12. The van der Waals surface area contributed by atoms with Gasteiger partial charge in [-0.3, -0.25) is 9.11 Å². The first-order valence-electron chi connectivity index (χ1n) is 11.8. The van der Waals surface area contributed by atoms with Crippen LogP contribution < -0.4 is 5.73 Å². The standard InChI is InChI=1S/C27H21N5O7S2/c1-15-2-5-17(6-3-15)29-30-23-10-11-24(21-13-18(40(34,35)36)7-8-19(21)23)31-32-25-9-4-16-12-26(41(37,38)39)22(28)14-20(16)27(25)33/h2-14,33H,28H2,1H3,(H,34,35,36)(H,37,38,39). The van der Waals surface area contributed by atoms with E-state index in [0.29, 0.717) is 16.8 Å². The Morgan fingerprint density at radius 3 is 1.90 bits per heavy atom. The third-order valence-corrected chi connectivity index (χ3v) is 7.95. The predicted octanol–water partition coefficient (Wildman–Crippen LogP) is 6.91. The maximum atomic E-state index is 11.8. The van der Waals surface area contributed by atoms with Gasteiger partial charge in [0.2, 0.25) is 0 Å². The zero-order chi connectivity index (χ0) is 29.5. The zero-order valence-corrected chi connectivity index (χ0v) is 22.8. The molecule has 0 unspecified atom stereocenters. The fourth-order valence-corrected chi connectivity index (χ4v) is 5.25. The van der Waals surface area contributed by atoms with Gasteiger partial charge in [0.25, 0.3) is 20.2 Å². The van der Waals surface area contributed by atoms with E-state index in [2.05, 4.69) is 20.5 Å². The van der Waals surface area contributed by atoms with Gasteiger partial charge >= 0.3 is 0 Å². The van der Waals surface area contributed by atoms with E-state index >= 15 is 0 Å². The van der Waals surface area contributed by atoms with Gasteiger partial charge in [0, 0.05) is 16.2 Å². The number of anilines is 1. The fraction of sp³-hybridized carbons (Fsp3) is 0.0370. The number of nitrogen functional groups attached to an aromatic ring is 1. The lowest BCUT2D eigenvalue weighted by atomic mass is 10.1. The summed E-state index contributed by atoms with van der Waals surface area (Å²) in [6.45, 7) is 1.95. The van der Waals surface area contributed by atoms with Crippen LogP contribution in [0.1, 0.15) is 5.56 Å². The molecule has 0 aliphatic heterocycles. The van der Waals surface area contributed by atoms with Crippen molar-refractivity contribution < 1.29 is 31.0 Å². The molecule has 0 radical (unpaired) electrons. The van der Waals surface area contributed by atoms with E-state index in [1.165, 1.54) is 42.5 Å². The van der Waals surface area contributed by atoms with Crippen molar-refractivity contribution in [2.75, 3.05) is 5.73 Å². The number of rotatable bonds is 6. The number of phenolic OH excluding ortho intramolecular Hbond substituents is 1. The van der Waals surface area contributed by atoms with Gasteiger partial charge in [-0.15, -0.1) is 15.3 Å². The second-order valence-electron chi connectivity index (χ2n) is 9.04. The highest BCUT2D eigenvalue weighted by Gasteiger charge is 2.18. The maximum absolute atomic E-state index is 11.8. The van der Waals surface area contributed by atoms with E-state index in [1.807, 2.05) is 19.1 Å². The molecule has 0 spiro atoms. The molecule has 14 heteroatoms. The molecule has 12 nitrogen and oxygen atoms in total. The van der Waals surface area contributed by atoms with Crippen molar-refractivity contribution in [3.63, 3.8) is 0 Å². The molecule has 0 amide bonds. The van der Waals surface area contributed by atoms with Gasteiger partial charge < -0.3 is 10.8 Å². The van der Waals surface area contributed by atoms with E-state index in [1.54, 1.807) is 18.2 Å². The highest BCUT2D eigenvalue weighted by molar-refractivity contribution is 7.86. The average molecular weight is 592 g/mol. The third kappa shape index (κ3) is 5.76. The SMILES string of the molecule is Cc1ccc(N=Nc2ccc(N=Nc3ccc4cc(S(=O)(=O)O)c(N)cc4c3O)c3cc(S(=O)(=O)O)ccc23)cc1. The minimum absolute atomic E-state index is 0.00118. The summed E-state index contributed by atoms with van der Waals surface area (Å²) < 4.78 is 65.8. The van der Waals surface area contributed by atoms with Crippen LogP contribution in [0.15, 0.2) is 109 Å². The number of hydrogen-bond donors (Lipinski definition) is 4. The Morgan fingerprint density at radius 2 is 1.24 bits per heavy atom. The molecule has 5 rings (SSSR count). The van der Waals surface area contributed by atoms with Crippen LogP contribution in [-0.2, 0) is 20.2 Å². The molecule has 41 heavy (non-hydrogen) atoms. The van der Waals surface area contributed by atoms with Gasteiger partial charge in [-0.25, -0.2) is 0 Å². The Balaban J connectivity index is 1.60. The number of aryl methyl sites for hydroxylation is 1. The van der Waals surface area contributed by atoms with Gasteiger partial charge in [-0.05, 0) is 66.9 Å². The quantitative estimate of drug-likeness (QED) is 0.0924. The molecule has 208 valence electrons. The third-order valence-electron chi connectivity index (χ3n) is 6.19. The Hall–Kier alpha value is -4.76. The minimum atomic E-state index is -4.58. The number of nitrogens with zero attached hydrogens (tertiary/aromatic N) is 4. The van der Waals surface area contributed by atoms with Crippen molar-refractivity contribution >= 4 is 70.2 Å². The summed E-state index contributed by atoms with van der Waals surface area (Å²) in [5.41, 5.74) is 7.75. The van der Waals surface area contributed by atoms with Gasteiger partial charge in [0.15, 0.2) is 5.75 Å². The summed E-state index contributed by atoms with van der Waals surface area (Å²) in [5, 5.41) is 28.8. The topological polar surface area (TPSA) is 204 Å². The van der Waals surface area contributed by atoms with E-state index in [0.717, 1.165) is 11.6 Å². The van der Waals surface area contributed by atoms with Gasteiger partial charge in [-0.1, -0.05) is 29.8 Å². The van der Waals surface area contributed by atoms with Crippen LogP contribution in [0.3, 0.4) is 0 Å². The van der Waals surface area contributed by atoms with Crippen molar-refractivity contribution in [2.24, 2.45) is 20.5 Å². The molecular weight excluding hydrogens is 570 g/mol. The molecule has 0 aliphatic carbocycles. The second kappa shape index (κ2) is 10.3. The van der Waals surface area contributed by atoms with E-state index in [9.17, 15) is 31.0 Å². The Labute approximate surface area is 234 Å². The van der Waals surface area contributed by atoms with Crippen molar-refractivity contribution in [1.82, 2.24) is 0 Å². The van der Waals surface area contributed by atoms with Crippen LogP contribution in [0.4, 0.5) is 28.4 Å². The largest absolute Gasteiger partial charge is 0.505 e. The van der Waals surface area contributed by atoms with Crippen LogP contribution in [0.5, 0.6) is 5.75 Å². The van der Waals surface area contributed by atoms with Crippen LogP contribution in [0.2, 0.25) is 0 Å². The smallest absolute Gasteiger partial charge is 0.296 e. The average Bonchev–Trinajstić information content (AvgIpc) is 2.91. The van der Waals surface area contributed by atoms with Crippen molar-refractivity contribution in [1.29, 1.82) is 0 Å². The number of phenols is 1. The Morgan fingerprint density at radius 1 is 0.634 bits per heavy atom. The molecule has 0 aromatic heterocycles. The fourth-order valence-electron chi connectivity index (χ4n) is 4.11. The highest BCUT2D eigenvalue weighted by Crippen LogP contribution is 2.40. The highest BCUT2D eigenvalue weighted by atomic mass is 32.2. The number of hydrogen-bond acceptors (Lipinski definition) is 10. The molecule has 5 aromatic carbocycles. The summed E-state index contributed by atoms with van der Waals surface area (Å²) in [5.74, 6) is -0.355. The number of fused-ring (bicyclic) bond motifs is 2. The molecule has 5 aromatic rings. The maximum Gasteiger partial charge on any atom is 0.296 e. The lowest BCUT2D eigenvalue weighted by Gasteiger charge is -2.09. The number of azo groups is 2. The number of benzene rings is 5. The minimum Gasteiger partial charge on any atom is -0.505 e. The molecule has 0 fully saturated rings. The van der Waals surface area contributed by atoms with Gasteiger partial charge in [0.05, 0.1) is 27.6 Å². The summed E-state index contributed by atoms with van der Waals surface area (Å²) >= 11 is 0. The molecular formula is C27H21N5O7S2. The molecule has 0 heterocycles. The van der Waals surface area contributed by atoms with Crippen molar-refractivity contribution in [3.05, 3.63) is 84.4 Å². The number of aromatic hydroxyl groups is 1. The van der Waals surface area contributed by atoms with Crippen LogP contribution in [0, 0.1) is 6.92 Å². The van der Waals surface area contributed by atoms with Crippen molar-refractivity contribution in [2.45, 2.75) is 16.7 Å². The molecule has 0 saturated heterocycles. The van der Waals surface area contributed by atoms with E-state index in [-0.39, 0.29) is 43.9 Å². The summed E-state index contributed by atoms with van der Waals surface area (Å²) in [4.78, 5) is -0.868. The van der Waals surface area contributed by atoms with Gasteiger partial charge in [-0.2, -0.15) is 21.9 Å². The monoisotopic (exact) mass is 591 g/mol. The number of nitrogens with two attached hydrogens (primary N) is 1. The molecule has 0 atom stereocenters.